The van der Waals surface area contributed by atoms with Gasteiger partial charge in [0.1, 0.15) is 11.9 Å². The monoisotopic (exact) mass is 451 g/mol. The summed E-state index contributed by atoms with van der Waals surface area (Å²) in [6.45, 7) is 3.97. The Morgan fingerprint density at radius 2 is 1.82 bits per heavy atom. The van der Waals surface area contributed by atoms with E-state index in [9.17, 15) is 9.59 Å². The van der Waals surface area contributed by atoms with Crippen LogP contribution in [-0.4, -0.2) is 72.4 Å². The minimum atomic E-state index is -0.0633. The van der Waals surface area contributed by atoms with Gasteiger partial charge in [0, 0.05) is 57.5 Å². The van der Waals surface area contributed by atoms with Crippen LogP contribution in [0.2, 0.25) is 0 Å². The number of amides is 2. The van der Waals surface area contributed by atoms with E-state index >= 15 is 0 Å². The lowest BCUT2D eigenvalue weighted by molar-refractivity contribution is -0.137. The molecule has 0 saturated carbocycles. The molecule has 1 aromatic heterocycles. The molecule has 0 spiro atoms. The molecule has 9 nitrogen and oxygen atoms in total. The van der Waals surface area contributed by atoms with Gasteiger partial charge in [0.2, 0.25) is 11.8 Å². The molecule has 1 N–H and O–H groups in total. The number of ether oxygens (including phenoxy) is 2. The van der Waals surface area contributed by atoms with Crippen LogP contribution in [0.3, 0.4) is 0 Å². The number of piperidine rings is 1. The smallest absolute Gasteiger partial charge is 0.231 e. The Morgan fingerprint density at radius 1 is 1.03 bits per heavy atom. The van der Waals surface area contributed by atoms with E-state index in [4.69, 9.17) is 9.47 Å². The highest BCUT2D eigenvalue weighted by Crippen LogP contribution is 2.25. The van der Waals surface area contributed by atoms with Crippen LogP contribution in [0.25, 0.3) is 0 Å². The van der Waals surface area contributed by atoms with E-state index < -0.39 is 0 Å². The van der Waals surface area contributed by atoms with Crippen LogP contribution in [0.4, 0.5) is 11.5 Å². The predicted octanol–water partition coefficient (Wildman–Crippen LogP) is 1.96. The van der Waals surface area contributed by atoms with E-state index in [1.165, 1.54) is 0 Å². The van der Waals surface area contributed by atoms with Gasteiger partial charge in [-0.05, 0) is 42.8 Å². The third-order valence-electron chi connectivity index (χ3n) is 6.59. The molecule has 0 radical (unpaired) electrons. The van der Waals surface area contributed by atoms with E-state index in [-0.39, 0.29) is 29.8 Å². The number of nitrogens with zero attached hydrogens (tertiary/aromatic N) is 4. The lowest BCUT2D eigenvalue weighted by Gasteiger charge is -2.38. The molecule has 1 unspecified atom stereocenters. The molecule has 0 bridgehead atoms. The normalized spacial score (nSPS) is 21.5. The second-order valence-electron chi connectivity index (χ2n) is 8.90. The molecule has 3 saturated heterocycles. The average Bonchev–Trinajstić information content (AvgIpc) is 3.35. The number of nitrogens with one attached hydrogen (secondary N) is 1. The Hall–Kier alpha value is -3.20. The largest absolute Gasteiger partial charge is 0.490 e. The molecule has 33 heavy (non-hydrogen) atoms. The van der Waals surface area contributed by atoms with Gasteiger partial charge in [-0.15, -0.1) is 5.10 Å². The van der Waals surface area contributed by atoms with E-state index in [1.807, 2.05) is 46.2 Å². The van der Waals surface area contributed by atoms with Gasteiger partial charge < -0.3 is 24.6 Å². The highest BCUT2D eigenvalue weighted by Gasteiger charge is 2.34. The minimum absolute atomic E-state index is 0.00788. The molecule has 2 amide bonds. The molecule has 3 fully saturated rings. The Bertz CT molecular complexity index is 951. The van der Waals surface area contributed by atoms with Crippen molar-refractivity contribution < 1.29 is 19.1 Å². The van der Waals surface area contributed by atoms with Gasteiger partial charge in [0.15, 0.2) is 5.82 Å². The van der Waals surface area contributed by atoms with Gasteiger partial charge in [0.05, 0.1) is 18.4 Å². The third kappa shape index (κ3) is 5.08. The first-order valence-electron chi connectivity index (χ1n) is 11.6. The fourth-order valence-electron chi connectivity index (χ4n) is 4.53. The van der Waals surface area contributed by atoms with Crippen molar-refractivity contribution in [2.75, 3.05) is 49.6 Å². The first-order valence-corrected chi connectivity index (χ1v) is 11.6. The number of hydrogen-bond donors (Lipinski definition) is 1. The van der Waals surface area contributed by atoms with Gasteiger partial charge in [-0.2, -0.15) is 5.10 Å². The zero-order chi connectivity index (χ0) is 22.6. The summed E-state index contributed by atoms with van der Waals surface area (Å²) < 4.78 is 11.5. The van der Waals surface area contributed by atoms with Crippen molar-refractivity contribution in [3.63, 3.8) is 0 Å². The molecular formula is C24H29N5O4. The number of likely N-dealkylation sites (tertiary alicyclic amines) is 1. The van der Waals surface area contributed by atoms with Crippen LogP contribution in [-0.2, 0) is 14.3 Å². The summed E-state index contributed by atoms with van der Waals surface area (Å²) in [4.78, 5) is 29.0. The fourth-order valence-corrected chi connectivity index (χ4v) is 4.53. The molecule has 5 rings (SSSR count). The van der Waals surface area contributed by atoms with Crippen LogP contribution in [0, 0.1) is 11.8 Å². The quantitative estimate of drug-likeness (QED) is 0.717. The molecule has 0 aliphatic carbocycles. The van der Waals surface area contributed by atoms with E-state index in [2.05, 4.69) is 15.5 Å². The minimum Gasteiger partial charge on any atom is -0.490 e. The summed E-state index contributed by atoms with van der Waals surface area (Å²) in [6.07, 6.45) is 4.21. The van der Waals surface area contributed by atoms with Gasteiger partial charge in [-0.1, -0.05) is 0 Å². The number of aromatic nitrogens is 2. The van der Waals surface area contributed by atoms with Crippen molar-refractivity contribution in [3.05, 3.63) is 42.6 Å². The molecule has 1 aromatic carbocycles. The van der Waals surface area contributed by atoms with Crippen molar-refractivity contribution in [1.82, 2.24) is 15.1 Å². The van der Waals surface area contributed by atoms with Crippen molar-refractivity contribution in [2.45, 2.75) is 25.4 Å². The number of rotatable bonds is 6. The number of anilines is 2. The fraction of sp³-hybridized carbons (Fsp3) is 0.500. The van der Waals surface area contributed by atoms with Gasteiger partial charge >= 0.3 is 0 Å². The lowest BCUT2D eigenvalue weighted by Crippen LogP contribution is -2.52. The first kappa shape index (κ1) is 21.6. The highest BCUT2D eigenvalue weighted by molar-refractivity contribution is 5.94. The SMILES string of the molecule is O=C(Nc1ccc(OC2CCN(C(=O)C3CCOC3)CC2)cc1)C1CN(c2cccnn2)C1. The number of carbonyl (C=O) groups is 2. The summed E-state index contributed by atoms with van der Waals surface area (Å²) in [5, 5.41) is 10.9. The molecule has 1 atom stereocenters. The maximum atomic E-state index is 12.5. The van der Waals surface area contributed by atoms with E-state index in [1.54, 1.807) is 6.20 Å². The zero-order valence-corrected chi connectivity index (χ0v) is 18.6. The summed E-state index contributed by atoms with van der Waals surface area (Å²) >= 11 is 0. The van der Waals surface area contributed by atoms with Crippen molar-refractivity contribution in [2.24, 2.45) is 11.8 Å². The second kappa shape index (κ2) is 9.74. The topological polar surface area (TPSA) is 96.9 Å². The van der Waals surface area contributed by atoms with E-state index in [0.717, 1.165) is 49.6 Å². The van der Waals surface area contributed by atoms with Crippen LogP contribution < -0.4 is 15.0 Å². The standard InChI is InChI=1S/C24H29N5O4/c30-23(18-14-29(15-18)22-2-1-10-25-27-22)26-19-3-5-20(6-4-19)33-21-7-11-28(12-8-21)24(31)17-9-13-32-16-17/h1-6,10,17-18,21H,7-9,11-16H2,(H,26,30). The van der Waals surface area contributed by atoms with Crippen LogP contribution in [0.5, 0.6) is 5.75 Å². The third-order valence-corrected chi connectivity index (χ3v) is 6.59. The average molecular weight is 452 g/mol. The number of carbonyl (C=O) groups excluding carboxylic acids is 2. The maximum absolute atomic E-state index is 12.5. The van der Waals surface area contributed by atoms with Crippen LogP contribution in [0.15, 0.2) is 42.6 Å². The Labute approximate surface area is 193 Å². The first-order chi connectivity index (χ1) is 16.2. The molecule has 174 valence electrons. The molecule has 9 heteroatoms. The van der Waals surface area contributed by atoms with Crippen molar-refractivity contribution in [1.29, 1.82) is 0 Å². The van der Waals surface area contributed by atoms with Crippen LogP contribution >= 0.6 is 0 Å². The van der Waals surface area contributed by atoms with Crippen molar-refractivity contribution in [3.8, 4) is 5.75 Å². The second-order valence-corrected chi connectivity index (χ2v) is 8.90. The zero-order valence-electron chi connectivity index (χ0n) is 18.6. The highest BCUT2D eigenvalue weighted by atomic mass is 16.5. The summed E-state index contributed by atoms with van der Waals surface area (Å²) in [6, 6.07) is 11.2. The number of benzene rings is 1. The summed E-state index contributed by atoms with van der Waals surface area (Å²) in [5.41, 5.74) is 0.754. The van der Waals surface area contributed by atoms with Gasteiger partial charge in [-0.3, -0.25) is 9.59 Å². The van der Waals surface area contributed by atoms with Crippen molar-refractivity contribution >= 4 is 23.3 Å². The molecule has 3 aliphatic heterocycles. The molecular weight excluding hydrogens is 422 g/mol. The predicted molar refractivity (Wildman–Crippen MR) is 122 cm³/mol. The summed E-state index contributed by atoms with van der Waals surface area (Å²) in [5.74, 6) is 1.77. The summed E-state index contributed by atoms with van der Waals surface area (Å²) in [7, 11) is 0. The van der Waals surface area contributed by atoms with E-state index in [0.29, 0.717) is 26.3 Å². The lowest BCUT2D eigenvalue weighted by atomic mass is 9.99. The Morgan fingerprint density at radius 3 is 2.48 bits per heavy atom. The van der Waals surface area contributed by atoms with Crippen LogP contribution in [0.1, 0.15) is 19.3 Å². The molecule has 4 heterocycles. The molecule has 2 aromatic rings. The van der Waals surface area contributed by atoms with Gasteiger partial charge in [0.25, 0.3) is 0 Å². The number of hydrogen-bond acceptors (Lipinski definition) is 7. The molecule has 3 aliphatic rings. The van der Waals surface area contributed by atoms with Gasteiger partial charge in [-0.25, -0.2) is 0 Å². The Balaban J connectivity index is 1.05. The maximum Gasteiger partial charge on any atom is 0.231 e. The Kier molecular flexibility index (Phi) is 6.39.